The largest absolute Gasteiger partial charge is 0.371 e. The Hall–Kier alpha value is -5.47. The fourth-order valence-electron chi connectivity index (χ4n) is 8.76. The second-order valence-electron chi connectivity index (χ2n) is 16.2. The van der Waals surface area contributed by atoms with E-state index in [1.54, 1.807) is 40.6 Å². The van der Waals surface area contributed by atoms with Gasteiger partial charge >= 0.3 is 0 Å². The van der Waals surface area contributed by atoms with Gasteiger partial charge in [-0.05, 0) is 99.8 Å². The Morgan fingerprint density at radius 1 is 0.571 bits per heavy atom. The first-order valence-corrected chi connectivity index (χ1v) is 21.2. The number of rotatable bonds is 11. The van der Waals surface area contributed by atoms with Crippen LogP contribution in [0.25, 0.3) is 0 Å². The first-order chi connectivity index (χ1) is 30.3. The van der Waals surface area contributed by atoms with Crippen LogP contribution in [0.2, 0.25) is 0 Å². The van der Waals surface area contributed by atoms with Crippen molar-refractivity contribution in [2.24, 2.45) is 11.8 Å². The van der Waals surface area contributed by atoms with Gasteiger partial charge in [0, 0.05) is 72.9 Å². The number of ether oxygens (including phenoxy) is 4. The molecule has 0 bridgehead atoms. The molecular weight excluding hydrogens is 824 g/mol. The summed E-state index contributed by atoms with van der Waals surface area (Å²) in [5.41, 5.74) is 1.52. The lowest BCUT2D eigenvalue weighted by Crippen LogP contribution is -2.54. The maximum absolute atomic E-state index is 13.2. The number of hydrogen-bond donors (Lipinski definition) is 3. The maximum atomic E-state index is 13.2. The monoisotopic (exact) mass is 878 g/mol. The topological polar surface area (TPSA) is 219 Å². The van der Waals surface area contributed by atoms with E-state index in [4.69, 9.17) is 18.9 Å². The highest BCUT2D eigenvalue weighted by Gasteiger charge is 2.46. The summed E-state index contributed by atoms with van der Waals surface area (Å²) in [5, 5.41) is 7.64. The molecule has 18 nitrogen and oxygen atoms in total. The summed E-state index contributed by atoms with van der Waals surface area (Å²) in [4.78, 5) is 101. The van der Waals surface area contributed by atoms with Gasteiger partial charge in [-0.1, -0.05) is 0 Å². The molecule has 4 saturated heterocycles. The molecule has 0 radical (unpaired) electrons. The third-order valence-corrected chi connectivity index (χ3v) is 12.4. The summed E-state index contributed by atoms with van der Waals surface area (Å²) in [6.45, 7) is 3.96. The normalized spacial score (nSPS) is 21.9. The quantitative estimate of drug-likeness (QED) is 0.218. The van der Waals surface area contributed by atoms with Crippen molar-refractivity contribution in [3.63, 3.8) is 0 Å². The van der Waals surface area contributed by atoms with E-state index >= 15 is 0 Å². The number of piperidine rings is 4. The number of methoxy groups -OCH3 is 4. The molecule has 0 saturated carbocycles. The van der Waals surface area contributed by atoms with Gasteiger partial charge in [0.1, 0.15) is 17.9 Å². The molecule has 6 aliphatic rings. The molecule has 63 heavy (non-hydrogen) atoms. The Labute approximate surface area is 364 Å². The number of imide groups is 4. The number of fused-ring (bicyclic) bond motifs is 2. The van der Waals surface area contributed by atoms with E-state index < -0.39 is 59.3 Å². The molecule has 2 unspecified atom stereocenters. The zero-order chi connectivity index (χ0) is 45.4. The van der Waals surface area contributed by atoms with Crippen LogP contribution in [-0.4, -0.2) is 136 Å². The highest BCUT2D eigenvalue weighted by Crippen LogP contribution is 2.33. The summed E-state index contributed by atoms with van der Waals surface area (Å²) >= 11 is 0. The van der Waals surface area contributed by atoms with E-state index in [0.717, 1.165) is 85.4 Å². The van der Waals surface area contributed by atoms with Crippen LogP contribution in [0.3, 0.4) is 0 Å². The molecule has 8 amide bonds. The lowest BCUT2D eigenvalue weighted by molar-refractivity contribution is -0.137. The molecule has 8 rings (SSSR count). The van der Waals surface area contributed by atoms with Crippen molar-refractivity contribution in [3.05, 3.63) is 64.5 Å². The maximum Gasteiger partial charge on any atom is 0.262 e. The number of hydrogen-bond acceptors (Lipinski definition) is 14. The van der Waals surface area contributed by atoms with E-state index in [0.29, 0.717) is 17.0 Å². The van der Waals surface area contributed by atoms with E-state index in [1.165, 1.54) is 18.9 Å². The van der Waals surface area contributed by atoms with Crippen LogP contribution < -0.4 is 20.9 Å². The van der Waals surface area contributed by atoms with Gasteiger partial charge in [-0.15, -0.1) is 0 Å². The van der Waals surface area contributed by atoms with Crippen LogP contribution in [-0.2, 0) is 38.1 Å². The van der Waals surface area contributed by atoms with Crippen LogP contribution in [0.5, 0.6) is 0 Å². The van der Waals surface area contributed by atoms with E-state index in [9.17, 15) is 42.7 Å². The number of nitrogens with one attached hydrogen (secondary N) is 3. The number of amides is 8. The summed E-state index contributed by atoms with van der Waals surface area (Å²) < 4.78 is 34.1. The molecule has 0 aromatic heterocycles. The van der Waals surface area contributed by atoms with Gasteiger partial charge in [-0.25, -0.2) is 4.39 Å². The summed E-state index contributed by atoms with van der Waals surface area (Å²) in [5.74, 6) is -3.76. The molecular formula is C44H55FN6O12. The second-order valence-corrected chi connectivity index (χ2v) is 16.2. The Morgan fingerprint density at radius 2 is 1.00 bits per heavy atom. The van der Waals surface area contributed by atoms with E-state index in [2.05, 4.69) is 20.9 Å². The number of anilines is 1. The molecule has 340 valence electrons. The highest BCUT2D eigenvalue weighted by atomic mass is 19.1. The number of halogens is 1. The lowest BCUT2D eigenvalue weighted by atomic mass is 9.92. The van der Waals surface area contributed by atoms with Crippen molar-refractivity contribution in [2.75, 3.05) is 59.5 Å². The predicted octanol–water partition coefficient (Wildman–Crippen LogP) is 2.54. The summed E-state index contributed by atoms with van der Waals surface area (Å²) in [6.07, 6.45) is 6.55. The van der Waals surface area contributed by atoms with Crippen LogP contribution in [0, 0.1) is 17.7 Å². The number of carbonyl (C=O) groups excluding carboxylic acids is 8. The highest BCUT2D eigenvalue weighted by molar-refractivity contribution is 6.24. The van der Waals surface area contributed by atoms with Crippen molar-refractivity contribution in [3.8, 4) is 0 Å². The minimum absolute atomic E-state index is 0.00639. The Morgan fingerprint density at radius 3 is 1.46 bits per heavy atom. The van der Waals surface area contributed by atoms with Gasteiger partial charge in [-0.3, -0.25) is 58.8 Å². The minimum Gasteiger partial charge on any atom is -0.371 e. The molecule has 3 N–H and O–H groups in total. The fourth-order valence-corrected chi connectivity index (χ4v) is 8.76. The molecule has 2 aromatic carbocycles. The van der Waals surface area contributed by atoms with Gasteiger partial charge in [-0.2, -0.15) is 0 Å². The van der Waals surface area contributed by atoms with Crippen LogP contribution in [0.15, 0.2) is 36.4 Å². The molecule has 4 fully saturated rings. The Kier molecular flexibility index (Phi) is 15.9. The second kappa shape index (κ2) is 21.3. The zero-order valence-electron chi connectivity index (χ0n) is 35.9. The molecule has 0 spiro atoms. The molecule has 2 aromatic rings. The number of benzene rings is 2. The van der Waals surface area contributed by atoms with Gasteiger partial charge in [0.25, 0.3) is 23.6 Å². The van der Waals surface area contributed by atoms with Crippen molar-refractivity contribution in [1.29, 1.82) is 0 Å². The molecule has 0 aliphatic carbocycles. The number of carbonyl (C=O) groups is 8. The van der Waals surface area contributed by atoms with Crippen LogP contribution in [0.4, 0.5) is 10.1 Å². The van der Waals surface area contributed by atoms with Crippen LogP contribution >= 0.6 is 0 Å². The average Bonchev–Trinajstić information content (AvgIpc) is 3.68. The predicted molar refractivity (Wildman–Crippen MR) is 222 cm³/mol. The number of nitrogens with zero attached hydrogens (tertiary/aromatic N) is 3. The zero-order valence-corrected chi connectivity index (χ0v) is 35.9. The van der Waals surface area contributed by atoms with E-state index in [1.807, 2.05) is 6.07 Å². The first kappa shape index (κ1) is 47.0. The van der Waals surface area contributed by atoms with E-state index in [-0.39, 0.29) is 55.3 Å². The van der Waals surface area contributed by atoms with Crippen molar-refractivity contribution < 1.29 is 61.7 Å². The van der Waals surface area contributed by atoms with Gasteiger partial charge in [0.05, 0.1) is 22.3 Å². The third-order valence-electron chi connectivity index (χ3n) is 12.4. The van der Waals surface area contributed by atoms with Crippen LogP contribution in [0.1, 0.15) is 106 Å². The minimum atomic E-state index is -1.02. The first-order valence-electron chi connectivity index (χ1n) is 21.2. The van der Waals surface area contributed by atoms with Crippen molar-refractivity contribution in [1.82, 2.24) is 25.8 Å². The third kappa shape index (κ3) is 10.8. The van der Waals surface area contributed by atoms with Gasteiger partial charge in [0.15, 0.2) is 12.6 Å². The SMILES string of the molecule is COC(CC1CCN(c2ccc3c(c2)C(=O)N(C2CCC(=O)NC2=O)C3=O)CC1)OC.COC(CC1CCNCC1)OC.O=C1CCC(N2C(=O)c3ccc(F)cc3C2=O)C(=O)N1. The fraction of sp³-hybridized carbons (Fsp3) is 0.545. The molecule has 6 aliphatic heterocycles. The Balaban J connectivity index is 0.000000176. The molecule has 19 heteroatoms. The standard InChI is InChI=1S/C22H27N3O6.C13H9FN2O4.C9H19NO2/c1-30-19(31-2)11-13-7-9-24(10-8-13)14-3-4-15-16(12-14)22(29)25(21(15)28)17-5-6-18(26)23-20(17)27;14-6-1-2-7-8(5-6)13(20)16(12(7)19)9-3-4-10(17)15-11(9)18;1-11-9(12-2)7-8-3-5-10-6-4-8/h3-4,12-13,17,19H,5-11H2,1-2H3,(H,23,26,27);1-2,5,9H,3-4H2,(H,15,17,18);8-10H,3-7H2,1-2H3. The summed E-state index contributed by atoms with van der Waals surface area (Å²) in [6, 6.07) is 6.56. The van der Waals surface area contributed by atoms with Gasteiger partial charge in [0.2, 0.25) is 23.6 Å². The summed E-state index contributed by atoms with van der Waals surface area (Å²) in [7, 11) is 6.69. The Bertz CT molecular complexity index is 2080. The molecule has 2 atom stereocenters. The van der Waals surface area contributed by atoms with Crippen molar-refractivity contribution in [2.45, 2.75) is 88.9 Å². The molecule has 6 heterocycles. The smallest absolute Gasteiger partial charge is 0.262 e. The van der Waals surface area contributed by atoms with Crippen molar-refractivity contribution >= 4 is 52.9 Å². The average molecular weight is 879 g/mol. The lowest BCUT2D eigenvalue weighted by Gasteiger charge is -2.34. The van der Waals surface area contributed by atoms with Gasteiger partial charge < -0.3 is 29.2 Å².